The van der Waals surface area contributed by atoms with Crippen LogP contribution in [0.25, 0.3) is 0 Å². The van der Waals surface area contributed by atoms with Gasteiger partial charge < -0.3 is 14.8 Å². The SMILES string of the molecule is CC(O)CCNC(C)Cc1ccco1. The number of aliphatic hydroxyl groups excluding tert-OH is 1. The molecule has 0 aliphatic heterocycles. The van der Waals surface area contributed by atoms with Gasteiger partial charge in [-0.3, -0.25) is 0 Å². The monoisotopic (exact) mass is 197 g/mol. The quantitative estimate of drug-likeness (QED) is 0.727. The highest BCUT2D eigenvalue weighted by Gasteiger charge is 2.05. The zero-order chi connectivity index (χ0) is 10.4. The Labute approximate surface area is 85.1 Å². The summed E-state index contributed by atoms with van der Waals surface area (Å²) in [6, 6.07) is 4.27. The Balaban J connectivity index is 2.13. The van der Waals surface area contributed by atoms with Crippen molar-refractivity contribution in [2.45, 2.75) is 38.8 Å². The number of furan rings is 1. The third-order valence-corrected chi connectivity index (χ3v) is 2.14. The summed E-state index contributed by atoms with van der Waals surface area (Å²) in [5.74, 6) is 1.00. The second-order valence-electron chi connectivity index (χ2n) is 3.78. The average molecular weight is 197 g/mol. The van der Waals surface area contributed by atoms with E-state index in [9.17, 15) is 0 Å². The normalized spacial score (nSPS) is 15.4. The van der Waals surface area contributed by atoms with Crippen LogP contribution in [0, 0.1) is 0 Å². The fourth-order valence-electron chi connectivity index (χ4n) is 1.34. The molecule has 1 aromatic rings. The van der Waals surface area contributed by atoms with Crippen LogP contribution in [-0.4, -0.2) is 23.8 Å². The van der Waals surface area contributed by atoms with E-state index in [0.29, 0.717) is 6.04 Å². The smallest absolute Gasteiger partial charge is 0.105 e. The van der Waals surface area contributed by atoms with Crippen molar-refractivity contribution in [3.05, 3.63) is 24.2 Å². The molecule has 0 saturated heterocycles. The number of nitrogens with one attached hydrogen (secondary N) is 1. The van der Waals surface area contributed by atoms with Crippen molar-refractivity contribution < 1.29 is 9.52 Å². The summed E-state index contributed by atoms with van der Waals surface area (Å²) >= 11 is 0. The minimum Gasteiger partial charge on any atom is -0.469 e. The van der Waals surface area contributed by atoms with E-state index in [4.69, 9.17) is 9.52 Å². The molecule has 1 heterocycles. The highest BCUT2D eigenvalue weighted by molar-refractivity contribution is 4.99. The van der Waals surface area contributed by atoms with Crippen LogP contribution >= 0.6 is 0 Å². The molecule has 0 spiro atoms. The second kappa shape index (κ2) is 5.83. The second-order valence-corrected chi connectivity index (χ2v) is 3.78. The van der Waals surface area contributed by atoms with Gasteiger partial charge in [-0.25, -0.2) is 0 Å². The summed E-state index contributed by atoms with van der Waals surface area (Å²) in [6.07, 6.45) is 3.16. The number of rotatable bonds is 6. The summed E-state index contributed by atoms with van der Waals surface area (Å²) in [6.45, 7) is 4.77. The largest absolute Gasteiger partial charge is 0.469 e. The van der Waals surface area contributed by atoms with Crippen molar-refractivity contribution in [1.29, 1.82) is 0 Å². The average Bonchev–Trinajstić information content (AvgIpc) is 2.56. The van der Waals surface area contributed by atoms with Crippen LogP contribution in [0.3, 0.4) is 0 Å². The molecule has 0 radical (unpaired) electrons. The molecule has 0 aromatic carbocycles. The third-order valence-electron chi connectivity index (χ3n) is 2.14. The first-order valence-corrected chi connectivity index (χ1v) is 5.12. The predicted octanol–water partition coefficient (Wildman–Crippen LogP) is 1.57. The van der Waals surface area contributed by atoms with Crippen LogP contribution < -0.4 is 5.32 Å². The molecule has 80 valence electrons. The standard InChI is InChI=1S/C11H19NO2/c1-9(12-6-5-10(2)13)8-11-4-3-7-14-11/h3-4,7,9-10,12-13H,5-6,8H2,1-2H3. The van der Waals surface area contributed by atoms with Crippen LogP contribution in [0.15, 0.2) is 22.8 Å². The van der Waals surface area contributed by atoms with Gasteiger partial charge in [0.1, 0.15) is 5.76 Å². The lowest BCUT2D eigenvalue weighted by atomic mass is 10.2. The van der Waals surface area contributed by atoms with E-state index >= 15 is 0 Å². The first kappa shape index (κ1) is 11.3. The van der Waals surface area contributed by atoms with Crippen LogP contribution in [0.1, 0.15) is 26.0 Å². The van der Waals surface area contributed by atoms with Crippen molar-refractivity contribution in [3.63, 3.8) is 0 Å². The van der Waals surface area contributed by atoms with Gasteiger partial charge in [-0.2, -0.15) is 0 Å². The van der Waals surface area contributed by atoms with Gasteiger partial charge in [0.2, 0.25) is 0 Å². The maximum Gasteiger partial charge on any atom is 0.105 e. The highest BCUT2D eigenvalue weighted by Crippen LogP contribution is 2.03. The maximum atomic E-state index is 9.06. The molecule has 1 rings (SSSR count). The van der Waals surface area contributed by atoms with Crippen LogP contribution in [-0.2, 0) is 6.42 Å². The molecule has 14 heavy (non-hydrogen) atoms. The van der Waals surface area contributed by atoms with E-state index in [1.165, 1.54) is 0 Å². The van der Waals surface area contributed by atoms with E-state index in [0.717, 1.165) is 25.1 Å². The maximum absolute atomic E-state index is 9.06. The van der Waals surface area contributed by atoms with Gasteiger partial charge in [0.25, 0.3) is 0 Å². The molecule has 2 unspecified atom stereocenters. The molecule has 0 amide bonds. The van der Waals surface area contributed by atoms with Crippen molar-refractivity contribution in [3.8, 4) is 0 Å². The Morgan fingerprint density at radius 3 is 2.86 bits per heavy atom. The Bertz CT molecular complexity index is 231. The summed E-state index contributed by atoms with van der Waals surface area (Å²) in [4.78, 5) is 0. The first-order valence-electron chi connectivity index (χ1n) is 5.12. The van der Waals surface area contributed by atoms with Crippen molar-refractivity contribution in [2.75, 3.05) is 6.54 Å². The van der Waals surface area contributed by atoms with E-state index in [2.05, 4.69) is 12.2 Å². The molecule has 2 atom stereocenters. The van der Waals surface area contributed by atoms with Gasteiger partial charge in [0.15, 0.2) is 0 Å². The molecule has 3 nitrogen and oxygen atoms in total. The first-order chi connectivity index (χ1) is 6.68. The van der Waals surface area contributed by atoms with Crippen molar-refractivity contribution in [1.82, 2.24) is 5.32 Å². The lowest BCUT2D eigenvalue weighted by Gasteiger charge is -2.12. The zero-order valence-electron chi connectivity index (χ0n) is 8.86. The topological polar surface area (TPSA) is 45.4 Å². The molecular formula is C11H19NO2. The summed E-state index contributed by atoms with van der Waals surface area (Å²) < 4.78 is 5.24. The highest BCUT2D eigenvalue weighted by atomic mass is 16.3. The molecule has 0 saturated carbocycles. The Morgan fingerprint density at radius 2 is 2.29 bits per heavy atom. The predicted molar refractivity (Wildman–Crippen MR) is 56.2 cm³/mol. The van der Waals surface area contributed by atoms with E-state index in [-0.39, 0.29) is 6.10 Å². The van der Waals surface area contributed by atoms with E-state index < -0.39 is 0 Å². The summed E-state index contributed by atoms with van der Waals surface area (Å²) in [5.41, 5.74) is 0. The zero-order valence-corrected chi connectivity index (χ0v) is 8.86. The van der Waals surface area contributed by atoms with Crippen molar-refractivity contribution >= 4 is 0 Å². The van der Waals surface area contributed by atoms with E-state index in [1.807, 2.05) is 12.1 Å². The molecule has 1 aromatic heterocycles. The lowest BCUT2D eigenvalue weighted by Crippen LogP contribution is -2.30. The van der Waals surface area contributed by atoms with Gasteiger partial charge in [-0.1, -0.05) is 0 Å². The minimum absolute atomic E-state index is 0.224. The molecule has 2 N–H and O–H groups in total. The number of hydrogen-bond acceptors (Lipinski definition) is 3. The third kappa shape index (κ3) is 4.44. The van der Waals surface area contributed by atoms with Crippen LogP contribution in [0.4, 0.5) is 0 Å². The summed E-state index contributed by atoms with van der Waals surface area (Å²) in [5, 5.41) is 12.4. The Morgan fingerprint density at radius 1 is 1.50 bits per heavy atom. The molecular weight excluding hydrogens is 178 g/mol. The van der Waals surface area contributed by atoms with Crippen molar-refractivity contribution in [2.24, 2.45) is 0 Å². The Hall–Kier alpha value is -0.800. The fraction of sp³-hybridized carbons (Fsp3) is 0.636. The van der Waals surface area contributed by atoms with Gasteiger partial charge >= 0.3 is 0 Å². The van der Waals surface area contributed by atoms with Gasteiger partial charge in [0, 0.05) is 12.5 Å². The fourth-order valence-corrected chi connectivity index (χ4v) is 1.34. The Kier molecular flexibility index (Phi) is 4.70. The number of aliphatic hydroxyl groups is 1. The molecule has 0 bridgehead atoms. The van der Waals surface area contributed by atoms with Crippen LogP contribution in [0.5, 0.6) is 0 Å². The molecule has 0 aliphatic carbocycles. The molecule has 0 fully saturated rings. The van der Waals surface area contributed by atoms with Crippen LogP contribution in [0.2, 0.25) is 0 Å². The lowest BCUT2D eigenvalue weighted by molar-refractivity contribution is 0.182. The molecule has 0 aliphatic rings. The van der Waals surface area contributed by atoms with E-state index in [1.54, 1.807) is 13.2 Å². The van der Waals surface area contributed by atoms with Gasteiger partial charge in [0.05, 0.1) is 12.4 Å². The summed E-state index contributed by atoms with van der Waals surface area (Å²) in [7, 11) is 0. The van der Waals surface area contributed by atoms with Gasteiger partial charge in [-0.15, -0.1) is 0 Å². The number of hydrogen-bond donors (Lipinski definition) is 2. The molecule has 3 heteroatoms. The van der Waals surface area contributed by atoms with Gasteiger partial charge in [-0.05, 0) is 38.9 Å². The minimum atomic E-state index is -0.224.